The molecule has 7 nitrogen and oxygen atoms in total. The summed E-state index contributed by atoms with van der Waals surface area (Å²) in [5.41, 5.74) is -0.520. The Bertz CT molecular complexity index is 1140. The number of alkyl halides is 3. The maximum absolute atomic E-state index is 13.5. The Hall–Kier alpha value is -3.47. The molecule has 1 heterocycles. The Balaban J connectivity index is 1.60. The first-order valence-corrected chi connectivity index (χ1v) is 10.5. The molecule has 0 radical (unpaired) electrons. The minimum atomic E-state index is -4.78. The molecule has 1 saturated heterocycles. The molecule has 1 spiro atoms. The number of halogens is 4. The summed E-state index contributed by atoms with van der Waals surface area (Å²) >= 11 is 0. The monoisotopic (exact) mass is 479 g/mol. The Morgan fingerprint density at radius 2 is 1.85 bits per heavy atom. The molecular formula is C23H21F4N3O4. The van der Waals surface area contributed by atoms with Crippen LogP contribution < -0.4 is 5.32 Å². The van der Waals surface area contributed by atoms with E-state index >= 15 is 0 Å². The van der Waals surface area contributed by atoms with Crippen LogP contribution >= 0.6 is 0 Å². The number of carbonyl (C=O) groups is 3. The molecule has 0 saturated carbocycles. The molecule has 0 unspecified atom stereocenters. The normalized spacial score (nSPS) is 22.6. The number of fused-ring (bicyclic) bond motifs is 2. The van der Waals surface area contributed by atoms with Gasteiger partial charge in [0.2, 0.25) is 5.91 Å². The Kier molecular flexibility index (Phi) is 5.84. The van der Waals surface area contributed by atoms with Crippen molar-refractivity contribution in [2.75, 3.05) is 6.54 Å². The molecule has 1 aliphatic heterocycles. The molecule has 180 valence electrons. The topological polar surface area (TPSA) is 90.0 Å². The van der Waals surface area contributed by atoms with Gasteiger partial charge in [0.25, 0.3) is 5.91 Å². The second-order valence-corrected chi connectivity index (χ2v) is 8.40. The summed E-state index contributed by atoms with van der Waals surface area (Å²) < 4.78 is 53.7. The second kappa shape index (κ2) is 8.39. The number of urea groups is 1. The second-order valence-electron chi connectivity index (χ2n) is 8.40. The average Bonchev–Trinajstić information content (AvgIpc) is 3.20. The molecule has 2 aromatic carbocycles. The highest BCUT2D eigenvalue weighted by Crippen LogP contribution is 2.46. The number of benzene rings is 2. The Morgan fingerprint density at radius 1 is 1.21 bits per heavy atom. The number of nitrogens with one attached hydrogen (secondary N) is 1. The van der Waals surface area contributed by atoms with Crippen molar-refractivity contribution < 1.29 is 37.1 Å². The molecule has 3 atom stereocenters. The zero-order valence-electron chi connectivity index (χ0n) is 18.0. The fraction of sp³-hybridized carbons (Fsp3) is 0.348. The van der Waals surface area contributed by atoms with Crippen molar-refractivity contribution in [3.05, 3.63) is 71.0 Å². The SMILES string of the molecule is C[C@H](N(Cc1ccc(F)cc1)C(=O)CN1C(=O)N[C@@]2(C[C@@H](O)c3ccccc32)C1=O)C(F)(F)F. The molecule has 4 amide bonds. The van der Waals surface area contributed by atoms with Crippen LogP contribution in [0.2, 0.25) is 0 Å². The van der Waals surface area contributed by atoms with Crippen LogP contribution in [0, 0.1) is 5.82 Å². The van der Waals surface area contributed by atoms with Crippen molar-refractivity contribution in [2.45, 2.75) is 43.8 Å². The van der Waals surface area contributed by atoms with Crippen molar-refractivity contribution in [1.29, 1.82) is 0 Å². The van der Waals surface area contributed by atoms with Gasteiger partial charge < -0.3 is 15.3 Å². The van der Waals surface area contributed by atoms with Crippen LogP contribution in [-0.2, 0) is 21.7 Å². The van der Waals surface area contributed by atoms with E-state index in [-0.39, 0.29) is 12.0 Å². The predicted molar refractivity (Wildman–Crippen MR) is 110 cm³/mol. The Morgan fingerprint density at radius 3 is 2.50 bits per heavy atom. The maximum Gasteiger partial charge on any atom is 0.408 e. The summed E-state index contributed by atoms with van der Waals surface area (Å²) in [6.07, 6.45) is -5.96. The fourth-order valence-electron chi connectivity index (χ4n) is 4.41. The molecular weight excluding hydrogens is 458 g/mol. The summed E-state index contributed by atoms with van der Waals surface area (Å²) in [5.74, 6) is -2.52. The average molecular weight is 479 g/mol. The highest BCUT2D eigenvalue weighted by atomic mass is 19.4. The third kappa shape index (κ3) is 4.00. The van der Waals surface area contributed by atoms with E-state index in [0.29, 0.717) is 20.9 Å². The van der Waals surface area contributed by atoms with Crippen molar-refractivity contribution in [3.63, 3.8) is 0 Å². The van der Waals surface area contributed by atoms with Gasteiger partial charge in [0.05, 0.1) is 6.10 Å². The number of aliphatic hydroxyl groups is 1. The maximum atomic E-state index is 13.5. The molecule has 34 heavy (non-hydrogen) atoms. The zero-order chi connectivity index (χ0) is 24.8. The molecule has 0 aromatic heterocycles. The number of rotatable bonds is 5. The quantitative estimate of drug-likeness (QED) is 0.510. The van der Waals surface area contributed by atoms with E-state index in [0.717, 1.165) is 19.1 Å². The van der Waals surface area contributed by atoms with Gasteiger partial charge in [-0.2, -0.15) is 13.2 Å². The fourth-order valence-corrected chi connectivity index (χ4v) is 4.41. The first kappa shape index (κ1) is 23.7. The van der Waals surface area contributed by atoms with E-state index in [2.05, 4.69) is 5.32 Å². The molecule has 1 aliphatic carbocycles. The molecule has 2 aromatic rings. The number of hydrogen-bond donors (Lipinski definition) is 2. The molecule has 1 fully saturated rings. The van der Waals surface area contributed by atoms with Crippen LogP contribution in [0.15, 0.2) is 48.5 Å². The molecule has 2 N–H and O–H groups in total. The van der Waals surface area contributed by atoms with Crippen molar-refractivity contribution in [1.82, 2.24) is 15.1 Å². The number of imide groups is 1. The van der Waals surface area contributed by atoms with Crippen LogP contribution in [0.1, 0.15) is 36.1 Å². The van der Waals surface area contributed by atoms with E-state index < -0.39 is 60.6 Å². The van der Waals surface area contributed by atoms with E-state index in [1.165, 1.54) is 12.1 Å². The molecule has 4 rings (SSSR count). The van der Waals surface area contributed by atoms with E-state index in [1.54, 1.807) is 24.3 Å². The zero-order valence-corrected chi connectivity index (χ0v) is 18.0. The predicted octanol–water partition coefficient (Wildman–Crippen LogP) is 2.99. The molecule has 0 bridgehead atoms. The van der Waals surface area contributed by atoms with Gasteiger partial charge in [0.15, 0.2) is 0 Å². The smallest absolute Gasteiger partial charge is 0.388 e. The highest BCUT2D eigenvalue weighted by molar-refractivity contribution is 6.10. The Labute approximate surface area is 192 Å². The lowest BCUT2D eigenvalue weighted by Crippen LogP contribution is -2.51. The third-order valence-electron chi connectivity index (χ3n) is 6.28. The minimum absolute atomic E-state index is 0.153. The molecule has 11 heteroatoms. The van der Waals surface area contributed by atoms with Gasteiger partial charge in [0.1, 0.15) is 23.9 Å². The van der Waals surface area contributed by atoms with Crippen molar-refractivity contribution >= 4 is 17.8 Å². The first-order chi connectivity index (χ1) is 15.9. The summed E-state index contributed by atoms with van der Waals surface area (Å²) in [4.78, 5) is 40.0. The number of carbonyl (C=O) groups excluding carboxylic acids is 3. The lowest BCUT2D eigenvalue weighted by Gasteiger charge is -2.32. The number of amides is 4. The van der Waals surface area contributed by atoms with E-state index in [4.69, 9.17) is 0 Å². The van der Waals surface area contributed by atoms with Crippen LogP contribution in [-0.4, -0.2) is 51.5 Å². The van der Waals surface area contributed by atoms with Gasteiger partial charge in [-0.15, -0.1) is 0 Å². The van der Waals surface area contributed by atoms with Crippen LogP contribution in [0.25, 0.3) is 0 Å². The van der Waals surface area contributed by atoms with Crippen LogP contribution in [0.4, 0.5) is 22.4 Å². The number of nitrogens with zero attached hydrogens (tertiary/aromatic N) is 2. The lowest BCUT2D eigenvalue weighted by molar-refractivity contribution is -0.187. The van der Waals surface area contributed by atoms with Gasteiger partial charge in [0, 0.05) is 13.0 Å². The number of hydrogen-bond acceptors (Lipinski definition) is 4. The summed E-state index contributed by atoms with van der Waals surface area (Å²) in [6, 6.07) is 7.91. The highest BCUT2D eigenvalue weighted by Gasteiger charge is 2.58. The standard InChI is InChI=1S/C23H21F4N3O4/c1-13(23(25,26)27)29(11-14-6-8-15(24)9-7-14)19(32)12-30-20(33)22(28-21(30)34)10-18(31)16-4-2-3-5-17(16)22/h2-9,13,18,31H,10-12H2,1H3,(H,28,34)/t13-,18+,22+/m0/s1. The van der Waals surface area contributed by atoms with Gasteiger partial charge >= 0.3 is 12.2 Å². The largest absolute Gasteiger partial charge is 0.408 e. The van der Waals surface area contributed by atoms with Gasteiger partial charge in [-0.3, -0.25) is 14.5 Å². The third-order valence-corrected chi connectivity index (χ3v) is 6.28. The first-order valence-electron chi connectivity index (χ1n) is 10.5. The lowest BCUT2D eigenvalue weighted by atomic mass is 9.92. The van der Waals surface area contributed by atoms with Crippen LogP contribution in [0.3, 0.4) is 0 Å². The van der Waals surface area contributed by atoms with Crippen LogP contribution in [0.5, 0.6) is 0 Å². The van der Waals surface area contributed by atoms with E-state index in [1.807, 2.05) is 0 Å². The summed E-state index contributed by atoms with van der Waals surface area (Å²) in [5, 5.41) is 12.9. The van der Waals surface area contributed by atoms with Crippen molar-refractivity contribution in [3.8, 4) is 0 Å². The van der Waals surface area contributed by atoms with Gasteiger partial charge in [-0.05, 0) is 35.7 Å². The van der Waals surface area contributed by atoms with E-state index in [9.17, 15) is 37.1 Å². The molecule has 2 aliphatic rings. The summed E-state index contributed by atoms with van der Waals surface area (Å²) in [6.45, 7) is -0.638. The van der Waals surface area contributed by atoms with Gasteiger partial charge in [-0.25, -0.2) is 9.18 Å². The van der Waals surface area contributed by atoms with Crippen molar-refractivity contribution in [2.24, 2.45) is 0 Å². The minimum Gasteiger partial charge on any atom is -0.388 e. The van der Waals surface area contributed by atoms with Gasteiger partial charge in [-0.1, -0.05) is 36.4 Å². The summed E-state index contributed by atoms with van der Waals surface area (Å²) in [7, 11) is 0. The number of aliphatic hydroxyl groups excluding tert-OH is 1.